The molecule has 0 spiro atoms. The van der Waals surface area contributed by atoms with Crippen LogP contribution < -0.4 is 0 Å². The molecule has 5 nitrogen and oxygen atoms in total. The fraction of sp³-hybridized carbons (Fsp3) is 0.929. The van der Waals surface area contributed by atoms with Crippen LogP contribution in [0, 0.1) is 0 Å². The number of carbonyl (C=O) groups is 1. The summed E-state index contributed by atoms with van der Waals surface area (Å²) in [4.78, 5) is 11.4. The second-order valence-electron chi connectivity index (χ2n) is 5.15. The molecule has 0 aromatic rings. The smallest absolute Gasteiger partial charge is 0.374 e. The number of carbonyl (C=O) groups excluding carboxylic acids is 1. The van der Waals surface area contributed by atoms with Crippen LogP contribution in [-0.4, -0.2) is 45.7 Å². The van der Waals surface area contributed by atoms with Crippen molar-refractivity contribution in [2.75, 3.05) is 19.8 Å². The van der Waals surface area contributed by atoms with Crippen LogP contribution in [0.2, 0.25) is 6.04 Å². The van der Waals surface area contributed by atoms with Gasteiger partial charge in [0, 0.05) is 26.7 Å². The first-order valence-electron chi connectivity index (χ1n) is 7.54. The Morgan fingerprint density at radius 2 is 1.80 bits per heavy atom. The van der Waals surface area contributed by atoms with Crippen LogP contribution in [0.3, 0.4) is 0 Å². The Hall–Kier alpha value is -0.433. The van der Waals surface area contributed by atoms with Crippen molar-refractivity contribution in [2.24, 2.45) is 0 Å². The van der Waals surface area contributed by atoms with Gasteiger partial charge in [-0.1, -0.05) is 0 Å². The monoisotopic (exact) mass is 304 g/mol. The fourth-order valence-corrected chi connectivity index (χ4v) is 7.20. The molecule has 0 aliphatic carbocycles. The van der Waals surface area contributed by atoms with Gasteiger partial charge in [-0.2, -0.15) is 0 Å². The molecule has 2 unspecified atom stereocenters. The molecule has 1 aliphatic heterocycles. The predicted octanol–water partition coefficient (Wildman–Crippen LogP) is 2.56. The molecule has 1 rings (SSSR count). The van der Waals surface area contributed by atoms with E-state index in [1.54, 1.807) is 0 Å². The largest absolute Gasteiger partial charge is 0.460 e. The summed E-state index contributed by atoms with van der Waals surface area (Å²) < 4.78 is 23.7. The predicted molar refractivity (Wildman–Crippen MR) is 78.6 cm³/mol. The first kappa shape index (κ1) is 17.6. The lowest BCUT2D eigenvalue weighted by Gasteiger charge is -2.50. The molecule has 0 N–H and O–H groups in total. The van der Waals surface area contributed by atoms with Gasteiger partial charge >= 0.3 is 14.5 Å². The van der Waals surface area contributed by atoms with Crippen molar-refractivity contribution in [1.82, 2.24) is 0 Å². The minimum absolute atomic E-state index is 0.279. The molecule has 0 radical (unpaired) electrons. The first-order valence-corrected chi connectivity index (χ1v) is 9.57. The molecule has 0 aromatic heterocycles. The van der Waals surface area contributed by atoms with Crippen LogP contribution in [0.5, 0.6) is 0 Å². The van der Waals surface area contributed by atoms with Gasteiger partial charge in [0.05, 0.1) is 0 Å². The second kappa shape index (κ2) is 7.54. The molecule has 6 heteroatoms. The number of rotatable bonds is 7. The van der Waals surface area contributed by atoms with Gasteiger partial charge < -0.3 is 18.3 Å². The number of hydrogen-bond acceptors (Lipinski definition) is 5. The Bertz CT molecular complexity index is 311. The van der Waals surface area contributed by atoms with Gasteiger partial charge in [0.25, 0.3) is 0 Å². The number of esters is 1. The van der Waals surface area contributed by atoms with E-state index in [-0.39, 0.29) is 12.1 Å². The Balaban J connectivity index is 3.13. The highest BCUT2D eigenvalue weighted by molar-refractivity contribution is 6.71. The highest BCUT2D eigenvalue weighted by atomic mass is 28.4. The standard InChI is InChI=1S/C14H28O5Si/c1-6-16-14(5)13(19-12(4)15)10-9-11-20(14,17-7-2)18-8-3/h13H,6-11H2,1-5H3. The fourth-order valence-electron chi connectivity index (χ4n) is 3.10. The van der Waals surface area contributed by atoms with Crippen LogP contribution in [-0.2, 0) is 23.1 Å². The molecule has 0 aromatic carbocycles. The van der Waals surface area contributed by atoms with Gasteiger partial charge in [-0.25, -0.2) is 0 Å². The maximum Gasteiger partial charge on any atom is 0.374 e. The van der Waals surface area contributed by atoms with Crippen molar-refractivity contribution >= 4 is 14.5 Å². The van der Waals surface area contributed by atoms with Crippen molar-refractivity contribution in [3.63, 3.8) is 0 Å². The highest BCUT2D eigenvalue weighted by Gasteiger charge is 2.63. The third kappa shape index (κ3) is 3.42. The SMILES string of the molecule is CCOC1(C)C(OC(C)=O)CCC[Si]1(OCC)OCC. The van der Waals surface area contributed by atoms with E-state index in [1.165, 1.54) is 6.92 Å². The Kier molecular flexibility index (Phi) is 6.64. The maximum absolute atomic E-state index is 11.4. The van der Waals surface area contributed by atoms with Crippen molar-refractivity contribution < 1.29 is 23.1 Å². The molecule has 2 atom stereocenters. The van der Waals surface area contributed by atoms with Crippen LogP contribution in [0.4, 0.5) is 0 Å². The van der Waals surface area contributed by atoms with E-state index in [9.17, 15) is 4.79 Å². The second-order valence-corrected chi connectivity index (χ2v) is 8.73. The number of ether oxygens (including phenoxy) is 2. The molecule has 20 heavy (non-hydrogen) atoms. The van der Waals surface area contributed by atoms with Crippen molar-refractivity contribution in [3.8, 4) is 0 Å². The lowest BCUT2D eigenvalue weighted by molar-refractivity contribution is -0.165. The molecular formula is C14H28O5Si. The van der Waals surface area contributed by atoms with Crippen LogP contribution in [0.25, 0.3) is 0 Å². The summed E-state index contributed by atoms with van der Waals surface area (Å²) in [5.74, 6) is -0.279. The summed E-state index contributed by atoms with van der Waals surface area (Å²) in [7, 11) is -2.59. The highest BCUT2D eigenvalue weighted by Crippen LogP contribution is 2.42. The molecule has 0 bridgehead atoms. The molecule has 1 fully saturated rings. The van der Waals surface area contributed by atoms with E-state index in [2.05, 4.69) is 0 Å². The summed E-state index contributed by atoms with van der Waals surface area (Å²) in [6, 6.07) is 0.878. The maximum atomic E-state index is 11.4. The van der Waals surface area contributed by atoms with Crippen LogP contribution in [0.1, 0.15) is 47.5 Å². The Morgan fingerprint density at radius 3 is 2.25 bits per heavy atom. The quantitative estimate of drug-likeness (QED) is 0.534. The van der Waals surface area contributed by atoms with E-state index in [1.807, 2.05) is 27.7 Å². The van der Waals surface area contributed by atoms with Crippen LogP contribution >= 0.6 is 0 Å². The molecule has 1 saturated heterocycles. The van der Waals surface area contributed by atoms with Gasteiger partial charge in [-0.15, -0.1) is 0 Å². The lowest BCUT2D eigenvalue weighted by atomic mass is 10.1. The van der Waals surface area contributed by atoms with Crippen molar-refractivity contribution in [3.05, 3.63) is 0 Å². The van der Waals surface area contributed by atoms with Crippen LogP contribution in [0.15, 0.2) is 0 Å². The van der Waals surface area contributed by atoms with Crippen molar-refractivity contribution in [2.45, 2.75) is 64.8 Å². The zero-order chi connectivity index (χ0) is 15.2. The van der Waals surface area contributed by atoms with E-state index in [0.717, 1.165) is 18.9 Å². The zero-order valence-corrected chi connectivity index (χ0v) is 14.4. The first-order chi connectivity index (χ1) is 9.45. The lowest BCUT2D eigenvalue weighted by Crippen LogP contribution is -2.70. The molecule has 1 heterocycles. The zero-order valence-electron chi connectivity index (χ0n) is 13.4. The van der Waals surface area contributed by atoms with E-state index in [0.29, 0.717) is 19.8 Å². The van der Waals surface area contributed by atoms with E-state index >= 15 is 0 Å². The average Bonchev–Trinajstić information content (AvgIpc) is 2.36. The Morgan fingerprint density at radius 1 is 1.20 bits per heavy atom. The minimum Gasteiger partial charge on any atom is -0.460 e. The molecule has 1 aliphatic rings. The normalized spacial score (nSPS) is 29.1. The topological polar surface area (TPSA) is 54.0 Å². The molecule has 0 saturated carbocycles. The average molecular weight is 304 g/mol. The van der Waals surface area contributed by atoms with Gasteiger partial charge in [0.15, 0.2) is 0 Å². The number of hydrogen-bond donors (Lipinski definition) is 0. The van der Waals surface area contributed by atoms with Crippen molar-refractivity contribution in [1.29, 1.82) is 0 Å². The summed E-state index contributed by atoms with van der Waals surface area (Å²) in [6.07, 6.45) is 1.44. The summed E-state index contributed by atoms with van der Waals surface area (Å²) >= 11 is 0. The third-order valence-electron chi connectivity index (χ3n) is 3.85. The molecule has 0 amide bonds. The molecule has 118 valence electrons. The minimum atomic E-state index is -2.59. The van der Waals surface area contributed by atoms with Gasteiger partial charge in [-0.3, -0.25) is 4.79 Å². The summed E-state index contributed by atoms with van der Waals surface area (Å²) in [5, 5.41) is -0.655. The van der Waals surface area contributed by atoms with E-state index < -0.39 is 13.8 Å². The third-order valence-corrected chi connectivity index (χ3v) is 8.35. The molecular weight excluding hydrogens is 276 g/mol. The summed E-state index contributed by atoms with van der Waals surface area (Å²) in [5.41, 5.74) is 0. The summed E-state index contributed by atoms with van der Waals surface area (Å²) in [6.45, 7) is 11.0. The van der Waals surface area contributed by atoms with E-state index in [4.69, 9.17) is 18.3 Å². The van der Waals surface area contributed by atoms with Gasteiger partial charge in [-0.05, 0) is 46.6 Å². The Labute approximate surface area is 123 Å². The van der Waals surface area contributed by atoms with Gasteiger partial charge in [0.2, 0.25) is 0 Å². The van der Waals surface area contributed by atoms with Gasteiger partial charge in [0.1, 0.15) is 11.3 Å².